The van der Waals surface area contributed by atoms with Crippen molar-refractivity contribution in [2.45, 2.75) is 52.9 Å². The fourth-order valence-electron chi connectivity index (χ4n) is 2.32. The van der Waals surface area contributed by atoms with Crippen molar-refractivity contribution in [1.82, 2.24) is 25.4 Å². The summed E-state index contributed by atoms with van der Waals surface area (Å²) in [6.45, 7) is 10.2. The molecule has 0 fully saturated rings. The zero-order chi connectivity index (χ0) is 18.3. The zero-order valence-electron chi connectivity index (χ0n) is 15.7. The predicted molar refractivity (Wildman–Crippen MR) is 99.6 cm³/mol. The Balaban J connectivity index is 1.95. The van der Waals surface area contributed by atoms with Crippen molar-refractivity contribution < 1.29 is 4.74 Å². The zero-order valence-corrected chi connectivity index (χ0v) is 15.7. The van der Waals surface area contributed by atoms with Crippen molar-refractivity contribution in [3.8, 4) is 5.75 Å². The molecule has 0 aliphatic heterocycles. The molecule has 25 heavy (non-hydrogen) atoms. The molecule has 7 heteroatoms. The maximum Gasteiger partial charge on any atom is 0.191 e. The Morgan fingerprint density at radius 2 is 1.92 bits per heavy atom. The summed E-state index contributed by atoms with van der Waals surface area (Å²) in [5, 5.41) is 14.6. The minimum atomic E-state index is -0.236. The van der Waals surface area contributed by atoms with Crippen LogP contribution in [-0.2, 0) is 19.6 Å². The van der Waals surface area contributed by atoms with Crippen LogP contribution in [0.3, 0.4) is 0 Å². The highest BCUT2D eigenvalue weighted by Gasteiger charge is 2.14. The minimum Gasteiger partial charge on any atom is -0.488 e. The molecule has 0 atom stereocenters. The number of rotatable bonds is 6. The molecule has 0 bridgehead atoms. The topological polar surface area (TPSA) is 76.4 Å². The van der Waals surface area contributed by atoms with Gasteiger partial charge in [-0.2, -0.15) is 0 Å². The minimum absolute atomic E-state index is 0.236. The summed E-state index contributed by atoms with van der Waals surface area (Å²) in [4.78, 5) is 4.26. The van der Waals surface area contributed by atoms with Crippen LogP contribution in [0.5, 0.6) is 5.75 Å². The number of nitrogens with zero attached hydrogens (tertiary/aromatic N) is 4. The molecule has 0 aliphatic rings. The van der Waals surface area contributed by atoms with E-state index in [2.05, 4.69) is 38.8 Å². The molecule has 1 heterocycles. The number of ether oxygens (including phenoxy) is 1. The van der Waals surface area contributed by atoms with Crippen molar-refractivity contribution in [2.24, 2.45) is 4.99 Å². The SMILES string of the molecule is CCn1cnnc1CNC(=NC)NCc1ccccc1OC(C)(C)C. The van der Waals surface area contributed by atoms with Crippen LogP contribution in [0.25, 0.3) is 0 Å². The fourth-order valence-corrected chi connectivity index (χ4v) is 2.32. The average molecular weight is 344 g/mol. The molecule has 0 saturated heterocycles. The number of aliphatic imine (C=N–C) groups is 1. The molecule has 0 spiro atoms. The lowest BCUT2D eigenvalue weighted by Crippen LogP contribution is -2.37. The van der Waals surface area contributed by atoms with E-state index < -0.39 is 0 Å². The van der Waals surface area contributed by atoms with E-state index >= 15 is 0 Å². The third-order valence-corrected chi connectivity index (χ3v) is 3.51. The van der Waals surface area contributed by atoms with Gasteiger partial charge in [-0.15, -0.1) is 10.2 Å². The van der Waals surface area contributed by atoms with Crippen LogP contribution in [-0.4, -0.2) is 33.4 Å². The molecule has 1 aromatic carbocycles. The number of hydrogen-bond donors (Lipinski definition) is 2. The Morgan fingerprint density at radius 3 is 2.60 bits per heavy atom. The Morgan fingerprint density at radius 1 is 1.20 bits per heavy atom. The van der Waals surface area contributed by atoms with E-state index in [1.165, 1.54) is 0 Å². The molecule has 7 nitrogen and oxygen atoms in total. The Kier molecular flexibility index (Phi) is 6.38. The molecule has 0 saturated carbocycles. The number of aryl methyl sites for hydroxylation is 1. The second-order valence-corrected chi connectivity index (χ2v) is 6.63. The standard InChI is InChI=1S/C18H28N6O/c1-6-24-13-22-23-16(24)12-21-17(19-5)20-11-14-9-7-8-10-15(14)25-18(2,3)4/h7-10,13H,6,11-12H2,1-5H3,(H2,19,20,21). The summed E-state index contributed by atoms with van der Waals surface area (Å²) in [7, 11) is 1.75. The van der Waals surface area contributed by atoms with Crippen LogP contribution in [0.15, 0.2) is 35.6 Å². The lowest BCUT2D eigenvalue weighted by molar-refractivity contribution is 0.129. The van der Waals surface area contributed by atoms with Gasteiger partial charge in [-0.1, -0.05) is 18.2 Å². The van der Waals surface area contributed by atoms with Crippen molar-refractivity contribution >= 4 is 5.96 Å². The number of guanidine groups is 1. The van der Waals surface area contributed by atoms with E-state index in [4.69, 9.17) is 4.74 Å². The molecule has 2 aromatic rings. The van der Waals surface area contributed by atoms with Crippen LogP contribution in [0, 0.1) is 0 Å². The van der Waals surface area contributed by atoms with Gasteiger partial charge in [-0.3, -0.25) is 4.99 Å². The first-order valence-electron chi connectivity index (χ1n) is 8.51. The van der Waals surface area contributed by atoms with E-state index in [0.717, 1.165) is 23.7 Å². The van der Waals surface area contributed by atoms with Gasteiger partial charge in [-0.25, -0.2) is 0 Å². The van der Waals surface area contributed by atoms with Gasteiger partial charge in [0.15, 0.2) is 11.8 Å². The Hall–Kier alpha value is -2.57. The monoisotopic (exact) mass is 344 g/mol. The summed E-state index contributed by atoms with van der Waals surface area (Å²) in [6, 6.07) is 8.03. The van der Waals surface area contributed by atoms with Crippen LogP contribution in [0.4, 0.5) is 0 Å². The lowest BCUT2D eigenvalue weighted by atomic mass is 10.1. The molecule has 2 N–H and O–H groups in total. The van der Waals surface area contributed by atoms with Crippen LogP contribution < -0.4 is 15.4 Å². The summed E-state index contributed by atoms with van der Waals surface area (Å²) in [5.74, 6) is 2.46. The molecule has 0 aliphatic carbocycles. The van der Waals surface area contributed by atoms with E-state index in [-0.39, 0.29) is 5.60 Å². The van der Waals surface area contributed by atoms with Gasteiger partial charge in [0.2, 0.25) is 0 Å². The van der Waals surface area contributed by atoms with Crippen molar-refractivity contribution in [2.75, 3.05) is 7.05 Å². The van der Waals surface area contributed by atoms with Crippen molar-refractivity contribution in [3.05, 3.63) is 42.0 Å². The van der Waals surface area contributed by atoms with Crippen LogP contribution in [0.1, 0.15) is 39.1 Å². The predicted octanol–water partition coefficient (Wildman–Crippen LogP) is 2.34. The van der Waals surface area contributed by atoms with E-state index in [1.807, 2.05) is 43.5 Å². The van der Waals surface area contributed by atoms with E-state index in [1.54, 1.807) is 13.4 Å². The fraction of sp³-hybridized carbons (Fsp3) is 0.500. The highest BCUT2D eigenvalue weighted by molar-refractivity contribution is 5.79. The maximum atomic E-state index is 6.03. The molecule has 2 rings (SSSR count). The van der Waals surface area contributed by atoms with Crippen LogP contribution in [0.2, 0.25) is 0 Å². The summed E-state index contributed by atoms with van der Waals surface area (Å²) < 4.78 is 8.02. The third kappa shape index (κ3) is 5.77. The summed E-state index contributed by atoms with van der Waals surface area (Å²) >= 11 is 0. The van der Waals surface area contributed by atoms with Gasteiger partial charge in [0.25, 0.3) is 0 Å². The van der Waals surface area contributed by atoms with Gasteiger partial charge in [0.05, 0.1) is 6.54 Å². The van der Waals surface area contributed by atoms with E-state index in [0.29, 0.717) is 19.0 Å². The first kappa shape index (κ1) is 18.8. The molecular weight excluding hydrogens is 316 g/mol. The number of nitrogens with one attached hydrogen (secondary N) is 2. The second kappa shape index (κ2) is 8.50. The van der Waals surface area contributed by atoms with E-state index in [9.17, 15) is 0 Å². The maximum absolute atomic E-state index is 6.03. The van der Waals surface area contributed by atoms with Crippen LogP contribution >= 0.6 is 0 Å². The quantitative estimate of drug-likeness (QED) is 0.621. The van der Waals surface area contributed by atoms with Gasteiger partial charge in [0.1, 0.15) is 17.7 Å². The lowest BCUT2D eigenvalue weighted by Gasteiger charge is -2.23. The largest absolute Gasteiger partial charge is 0.488 e. The smallest absolute Gasteiger partial charge is 0.191 e. The van der Waals surface area contributed by atoms with Gasteiger partial charge < -0.3 is 19.9 Å². The first-order chi connectivity index (χ1) is 11.9. The molecule has 0 unspecified atom stereocenters. The van der Waals surface area contributed by atoms with Crippen molar-refractivity contribution in [1.29, 1.82) is 0 Å². The number of para-hydroxylation sites is 1. The van der Waals surface area contributed by atoms with Gasteiger partial charge in [-0.05, 0) is 33.8 Å². The number of aromatic nitrogens is 3. The van der Waals surface area contributed by atoms with Crippen molar-refractivity contribution in [3.63, 3.8) is 0 Å². The molecular formula is C18H28N6O. The first-order valence-corrected chi connectivity index (χ1v) is 8.51. The number of benzene rings is 1. The molecule has 0 radical (unpaired) electrons. The Labute approximate surface area is 149 Å². The molecule has 0 amide bonds. The summed E-state index contributed by atoms with van der Waals surface area (Å²) in [6.07, 6.45) is 1.73. The third-order valence-electron chi connectivity index (χ3n) is 3.51. The molecule has 1 aromatic heterocycles. The normalized spacial score (nSPS) is 12.1. The average Bonchev–Trinajstić information content (AvgIpc) is 3.02. The highest BCUT2D eigenvalue weighted by atomic mass is 16.5. The number of hydrogen-bond acceptors (Lipinski definition) is 4. The van der Waals surface area contributed by atoms with Gasteiger partial charge in [0, 0.05) is 25.7 Å². The highest BCUT2D eigenvalue weighted by Crippen LogP contribution is 2.22. The Bertz CT molecular complexity index is 702. The molecule has 136 valence electrons. The second-order valence-electron chi connectivity index (χ2n) is 6.63. The summed E-state index contributed by atoms with van der Waals surface area (Å²) in [5.41, 5.74) is 0.845. The van der Waals surface area contributed by atoms with Gasteiger partial charge >= 0.3 is 0 Å².